The second kappa shape index (κ2) is 5.73. The van der Waals surface area contributed by atoms with E-state index in [-0.39, 0.29) is 6.61 Å². The molecule has 2 aromatic rings. The summed E-state index contributed by atoms with van der Waals surface area (Å²) in [6, 6.07) is 5.52. The van der Waals surface area contributed by atoms with Crippen LogP contribution < -0.4 is 10.5 Å². The van der Waals surface area contributed by atoms with Crippen LogP contribution in [0.25, 0.3) is 0 Å². The quantitative estimate of drug-likeness (QED) is 0.838. The number of aromatic nitrogens is 2. The second-order valence-electron chi connectivity index (χ2n) is 5.02. The van der Waals surface area contributed by atoms with Gasteiger partial charge in [-0.25, -0.2) is 0 Å². The highest BCUT2D eigenvalue weighted by Gasteiger charge is 2.09. The Labute approximate surface area is 112 Å². The van der Waals surface area contributed by atoms with Gasteiger partial charge in [-0.3, -0.25) is 0 Å². The van der Waals surface area contributed by atoms with E-state index in [9.17, 15) is 0 Å². The third-order valence-electron chi connectivity index (χ3n) is 2.65. The molecular weight excluding hydrogens is 242 g/mol. The van der Waals surface area contributed by atoms with E-state index in [1.54, 1.807) is 6.07 Å². The Morgan fingerprint density at radius 2 is 2.16 bits per heavy atom. The van der Waals surface area contributed by atoms with Crippen molar-refractivity contribution in [3.8, 4) is 5.75 Å². The van der Waals surface area contributed by atoms with E-state index in [1.807, 2.05) is 19.1 Å². The molecule has 19 heavy (non-hydrogen) atoms. The van der Waals surface area contributed by atoms with Crippen LogP contribution in [0.2, 0.25) is 0 Å². The van der Waals surface area contributed by atoms with E-state index in [4.69, 9.17) is 15.0 Å². The molecule has 0 atom stereocenters. The summed E-state index contributed by atoms with van der Waals surface area (Å²) in [6.07, 6.45) is 0.810. The molecule has 0 fully saturated rings. The highest BCUT2D eigenvalue weighted by molar-refractivity contribution is 5.47. The van der Waals surface area contributed by atoms with Crippen molar-refractivity contribution in [1.29, 1.82) is 0 Å². The van der Waals surface area contributed by atoms with Gasteiger partial charge in [-0.1, -0.05) is 19.0 Å². The Hall–Kier alpha value is -2.04. The minimum atomic E-state index is 0.274. The molecule has 2 N–H and O–H groups in total. The summed E-state index contributed by atoms with van der Waals surface area (Å²) < 4.78 is 10.8. The van der Waals surface area contributed by atoms with Crippen LogP contribution in [0.5, 0.6) is 5.75 Å². The maximum absolute atomic E-state index is 5.69. The van der Waals surface area contributed by atoms with Gasteiger partial charge in [0.1, 0.15) is 5.75 Å². The Morgan fingerprint density at radius 1 is 1.37 bits per heavy atom. The predicted molar refractivity (Wildman–Crippen MR) is 72.8 cm³/mol. The fraction of sp³-hybridized carbons (Fsp3) is 0.429. The molecule has 1 aromatic carbocycles. The number of nitrogens with two attached hydrogens (primary N) is 1. The Balaban J connectivity index is 1.96. The highest BCUT2D eigenvalue weighted by Crippen LogP contribution is 2.21. The average Bonchev–Trinajstić information content (AvgIpc) is 2.74. The van der Waals surface area contributed by atoms with Gasteiger partial charge in [-0.15, -0.1) is 0 Å². The van der Waals surface area contributed by atoms with Crippen molar-refractivity contribution in [3.05, 3.63) is 35.5 Å². The lowest BCUT2D eigenvalue weighted by Crippen LogP contribution is -1.99. The fourth-order valence-electron chi connectivity index (χ4n) is 1.77. The van der Waals surface area contributed by atoms with Crippen molar-refractivity contribution in [2.75, 3.05) is 5.73 Å². The van der Waals surface area contributed by atoms with Gasteiger partial charge in [-0.2, -0.15) is 4.98 Å². The summed E-state index contributed by atoms with van der Waals surface area (Å²) in [5, 5.41) is 3.92. The summed E-state index contributed by atoms with van der Waals surface area (Å²) in [7, 11) is 0. The molecule has 0 saturated carbocycles. The number of anilines is 1. The van der Waals surface area contributed by atoms with Crippen LogP contribution in [0.4, 0.5) is 5.69 Å². The first-order chi connectivity index (χ1) is 9.04. The highest BCUT2D eigenvalue weighted by atomic mass is 16.5. The minimum Gasteiger partial charge on any atom is -0.483 e. The number of rotatable bonds is 5. The summed E-state index contributed by atoms with van der Waals surface area (Å²) in [6.45, 7) is 6.45. The van der Waals surface area contributed by atoms with Crippen molar-refractivity contribution in [1.82, 2.24) is 10.1 Å². The lowest BCUT2D eigenvalue weighted by Gasteiger charge is -2.07. The summed E-state index contributed by atoms with van der Waals surface area (Å²) in [5.41, 5.74) is 7.40. The largest absolute Gasteiger partial charge is 0.483 e. The Morgan fingerprint density at radius 3 is 2.84 bits per heavy atom. The molecule has 5 nitrogen and oxygen atoms in total. The number of hydrogen-bond donors (Lipinski definition) is 1. The van der Waals surface area contributed by atoms with Gasteiger partial charge in [0.05, 0.1) is 0 Å². The van der Waals surface area contributed by atoms with E-state index in [0.717, 1.165) is 29.2 Å². The summed E-state index contributed by atoms with van der Waals surface area (Å²) in [5.74, 6) is 2.50. The minimum absolute atomic E-state index is 0.274. The van der Waals surface area contributed by atoms with Gasteiger partial charge in [0.15, 0.2) is 12.4 Å². The van der Waals surface area contributed by atoms with Crippen LogP contribution >= 0.6 is 0 Å². The molecule has 0 amide bonds. The number of hydrogen-bond acceptors (Lipinski definition) is 5. The number of benzene rings is 1. The molecule has 102 valence electrons. The van der Waals surface area contributed by atoms with E-state index in [0.29, 0.717) is 11.8 Å². The Bertz CT molecular complexity index is 549. The number of nitrogen functional groups attached to an aromatic ring is 1. The van der Waals surface area contributed by atoms with Gasteiger partial charge in [0.2, 0.25) is 0 Å². The van der Waals surface area contributed by atoms with Crippen LogP contribution in [0.15, 0.2) is 22.7 Å². The molecule has 0 unspecified atom stereocenters. The molecule has 0 aliphatic rings. The number of aryl methyl sites for hydroxylation is 1. The third kappa shape index (κ3) is 3.71. The number of nitrogens with zero attached hydrogens (tertiary/aromatic N) is 2. The third-order valence-corrected chi connectivity index (χ3v) is 2.65. The molecule has 0 radical (unpaired) electrons. The van der Waals surface area contributed by atoms with Crippen molar-refractivity contribution in [3.63, 3.8) is 0 Å². The van der Waals surface area contributed by atoms with E-state index < -0.39 is 0 Å². The summed E-state index contributed by atoms with van der Waals surface area (Å²) >= 11 is 0. The Kier molecular flexibility index (Phi) is 4.04. The first kappa shape index (κ1) is 13.4. The molecule has 0 aliphatic heterocycles. The maximum atomic E-state index is 5.69. The van der Waals surface area contributed by atoms with E-state index in [2.05, 4.69) is 24.0 Å². The lowest BCUT2D eigenvalue weighted by atomic mass is 10.1. The zero-order valence-corrected chi connectivity index (χ0v) is 11.5. The van der Waals surface area contributed by atoms with Crippen molar-refractivity contribution >= 4 is 5.69 Å². The molecule has 2 rings (SSSR count). The number of ether oxygens (including phenoxy) is 1. The van der Waals surface area contributed by atoms with Gasteiger partial charge in [0.25, 0.3) is 5.89 Å². The molecule has 0 bridgehead atoms. The van der Waals surface area contributed by atoms with Crippen molar-refractivity contribution < 1.29 is 9.26 Å². The fourth-order valence-corrected chi connectivity index (χ4v) is 1.77. The summed E-state index contributed by atoms with van der Waals surface area (Å²) in [4.78, 5) is 4.29. The van der Waals surface area contributed by atoms with Gasteiger partial charge in [-0.05, 0) is 36.6 Å². The molecular formula is C14H19N3O2. The van der Waals surface area contributed by atoms with Gasteiger partial charge < -0.3 is 15.0 Å². The maximum Gasteiger partial charge on any atom is 0.264 e. The molecule has 0 aliphatic carbocycles. The zero-order chi connectivity index (χ0) is 13.8. The van der Waals surface area contributed by atoms with Crippen LogP contribution in [0.3, 0.4) is 0 Å². The van der Waals surface area contributed by atoms with Crippen LogP contribution in [-0.2, 0) is 13.0 Å². The predicted octanol–water partition coefficient (Wildman–Crippen LogP) is 2.74. The molecule has 0 spiro atoms. The van der Waals surface area contributed by atoms with Crippen LogP contribution in [0, 0.1) is 12.8 Å². The first-order valence-electron chi connectivity index (χ1n) is 6.35. The first-order valence-corrected chi connectivity index (χ1v) is 6.35. The van der Waals surface area contributed by atoms with Crippen molar-refractivity contribution in [2.45, 2.75) is 33.8 Å². The molecule has 1 heterocycles. The zero-order valence-electron chi connectivity index (χ0n) is 11.5. The van der Waals surface area contributed by atoms with Gasteiger partial charge >= 0.3 is 0 Å². The van der Waals surface area contributed by atoms with E-state index in [1.165, 1.54) is 0 Å². The van der Waals surface area contributed by atoms with Crippen LogP contribution in [0.1, 0.15) is 31.1 Å². The lowest BCUT2D eigenvalue weighted by molar-refractivity contribution is 0.241. The topological polar surface area (TPSA) is 74.2 Å². The second-order valence-corrected chi connectivity index (χ2v) is 5.02. The van der Waals surface area contributed by atoms with E-state index >= 15 is 0 Å². The standard InChI is InChI=1S/C14H19N3O2/c1-9(2)6-13-16-14(19-17-13)8-18-12-5-4-11(15)7-10(12)3/h4-5,7,9H,6,8,15H2,1-3H3. The monoisotopic (exact) mass is 261 g/mol. The van der Waals surface area contributed by atoms with Crippen molar-refractivity contribution in [2.24, 2.45) is 5.92 Å². The van der Waals surface area contributed by atoms with Gasteiger partial charge in [0, 0.05) is 12.1 Å². The smallest absolute Gasteiger partial charge is 0.264 e. The molecule has 5 heteroatoms. The molecule has 1 aromatic heterocycles. The van der Waals surface area contributed by atoms with Crippen LogP contribution in [-0.4, -0.2) is 10.1 Å². The SMILES string of the molecule is Cc1cc(N)ccc1OCc1nc(CC(C)C)no1. The normalized spacial score (nSPS) is 10.9. The average molecular weight is 261 g/mol. The molecule has 0 saturated heterocycles.